The Bertz CT molecular complexity index is 548. The molecule has 1 atom stereocenters. The van der Waals surface area contributed by atoms with Gasteiger partial charge < -0.3 is 5.32 Å². The summed E-state index contributed by atoms with van der Waals surface area (Å²) in [6, 6.07) is 11.5. The molecule has 1 aromatic heterocycles. The van der Waals surface area contributed by atoms with E-state index in [0.29, 0.717) is 11.6 Å². The van der Waals surface area contributed by atoms with Crippen molar-refractivity contribution in [2.75, 3.05) is 0 Å². The number of amides is 1. The summed E-state index contributed by atoms with van der Waals surface area (Å²) in [5.41, 5.74) is 1.01. The molecule has 1 aromatic carbocycles. The summed E-state index contributed by atoms with van der Waals surface area (Å²) in [6.07, 6.45) is 0. The van der Waals surface area contributed by atoms with Crippen molar-refractivity contribution >= 4 is 28.8 Å². The first-order valence-corrected chi connectivity index (χ1v) is 7.89. The van der Waals surface area contributed by atoms with E-state index in [2.05, 4.69) is 19.2 Å². The van der Waals surface area contributed by atoms with Crippen LogP contribution in [0.25, 0.3) is 0 Å². The number of halogens is 1. The van der Waals surface area contributed by atoms with E-state index >= 15 is 0 Å². The minimum Gasteiger partial charge on any atom is -0.351 e. The van der Waals surface area contributed by atoms with Crippen LogP contribution in [0.3, 0.4) is 0 Å². The number of carbonyl (C=O) groups is 1. The van der Waals surface area contributed by atoms with Crippen molar-refractivity contribution in [3.63, 3.8) is 0 Å². The van der Waals surface area contributed by atoms with Crippen molar-refractivity contribution in [1.82, 2.24) is 5.32 Å². The highest BCUT2D eigenvalue weighted by Crippen LogP contribution is 2.26. The van der Waals surface area contributed by atoms with Gasteiger partial charge in [-0.15, -0.1) is 11.3 Å². The van der Waals surface area contributed by atoms with E-state index in [1.807, 2.05) is 41.8 Å². The maximum absolute atomic E-state index is 12.4. The summed E-state index contributed by atoms with van der Waals surface area (Å²) in [5.74, 6) is 0.155. The van der Waals surface area contributed by atoms with Crippen molar-refractivity contribution < 1.29 is 4.79 Å². The number of nitrogens with one attached hydrogen (secondary N) is 1. The van der Waals surface area contributed by atoms with Gasteiger partial charge in [0.15, 0.2) is 0 Å². The Morgan fingerprint density at radius 3 is 2.50 bits per heavy atom. The molecule has 0 saturated heterocycles. The average molecular weight is 308 g/mol. The van der Waals surface area contributed by atoms with Gasteiger partial charge in [0.25, 0.3) is 0 Å². The predicted molar refractivity (Wildman–Crippen MR) is 85.2 cm³/mol. The minimum absolute atomic E-state index is 0.0655. The second-order valence-corrected chi connectivity index (χ2v) is 6.54. The molecule has 2 nitrogen and oxygen atoms in total. The molecule has 0 spiro atoms. The van der Waals surface area contributed by atoms with Gasteiger partial charge in [0.2, 0.25) is 5.91 Å². The summed E-state index contributed by atoms with van der Waals surface area (Å²) in [4.78, 5) is 13.6. The first-order chi connectivity index (χ1) is 9.58. The molecule has 2 rings (SSSR count). The third kappa shape index (κ3) is 3.84. The van der Waals surface area contributed by atoms with Crippen LogP contribution in [0.2, 0.25) is 5.02 Å². The molecule has 0 aliphatic carbocycles. The molecule has 4 heteroatoms. The Hall–Kier alpha value is -1.32. The van der Waals surface area contributed by atoms with Gasteiger partial charge in [-0.25, -0.2) is 0 Å². The molecule has 0 radical (unpaired) electrons. The summed E-state index contributed by atoms with van der Waals surface area (Å²) < 4.78 is 0. The molecule has 0 saturated carbocycles. The van der Waals surface area contributed by atoms with Crippen molar-refractivity contribution in [3.8, 4) is 0 Å². The Kier molecular flexibility index (Phi) is 5.21. The lowest BCUT2D eigenvalue weighted by Crippen LogP contribution is -2.31. The van der Waals surface area contributed by atoms with Gasteiger partial charge in [-0.05, 0) is 35.1 Å². The number of hydrogen-bond donors (Lipinski definition) is 1. The van der Waals surface area contributed by atoms with Gasteiger partial charge in [0, 0.05) is 9.90 Å². The van der Waals surface area contributed by atoms with Gasteiger partial charge in [-0.1, -0.05) is 43.6 Å². The highest BCUT2D eigenvalue weighted by molar-refractivity contribution is 7.09. The normalized spacial score (nSPS) is 12.4. The predicted octanol–water partition coefficient (Wildman–Crippen LogP) is 4.46. The van der Waals surface area contributed by atoms with Crippen LogP contribution in [-0.2, 0) is 11.3 Å². The van der Waals surface area contributed by atoms with E-state index in [4.69, 9.17) is 11.6 Å². The van der Waals surface area contributed by atoms with E-state index in [0.717, 1.165) is 10.4 Å². The number of benzene rings is 1. The smallest absolute Gasteiger partial charge is 0.228 e. The van der Waals surface area contributed by atoms with E-state index in [1.54, 1.807) is 11.3 Å². The van der Waals surface area contributed by atoms with Crippen molar-refractivity contribution in [1.29, 1.82) is 0 Å². The summed E-state index contributed by atoms with van der Waals surface area (Å²) in [6.45, 7) is 4.71. The fraction of sp³-hybridized carbons (Fsp3) is 0.312. The Labute approximate surface area is 128 Å². The highest BCUT2D eigenvalue weighted by atomic mass is 35.5. The molecule has 20 heavy (non-hydrogen) atoms. The molecule has 1 unspecified atom stereocenters. The maximum Gasteiger partial charge on any atom is 0.228 e. The summed E-state index contributed by atoms with van der Waals surface area (Å²) in [7, 11) is 0. The molecule has 0 aliphatic rings. The van der Waals surface area contributed by atoms with Gasteiger partial charge in [0.05, 0.1) is 12.5 Å². The van der Waals surface area contributed by atoms with E-state index < -0.39 is 0 Å². The van der Waals surface area contributed by atoms with Gasteiger partial charge >= 0.3 is 0 Å². The zero-order chi connectivity index (χ0) is 14.5. The number of rotatable bonds is 5. The molecule has 2 aromatic rings. The van der Waals surface area contributed by atoms with Gasteiger partial charge in [-0.2, -0.15) is 0 Å². The molecule has 0 aliphatic heterocycles. The zero-order valence-corrected chi connectivity index (χ0v) is 13.2. The third-order valence-corrected chi connectivity index (χ3v) is 4.32. The third-order valence-electron chi connectivity index (χ3n) is 3.20. The lowest BCUT2D eigenvalue weighted by Gasteiger charge is -2.20. The molecule has 106 valence electrons. The molecule has 1 amide bonds. The van der Waals surface area contributed by atoms with Crippen LogP contribution < -0.4 is 5.32 Å². The number of carbonyl (C=O) groups excluding carboxylic acids is 1. The van der Waals surface area contributed by atoms with Crippen LogP contribution in [0.15, 0.2) is 41.8 Å². The molecule has 0 bridgehead atoms. The van der Waals surface area contributed by atoms with Crippen LogP contribution >= 0.6 is 22.9 Å². The zero-order valence-electron chi connectivity index (χ0n) is 11.6. The Morgan fingerprint density at radius 2 is 1.95 bits per heavy atom. The lowest BCUT2D eigenvalue weighted by atomic mass is 9.87. The molecular formula is C16H18ClNOS. The number of hydrogen-bond acceptors (Lipinski definition) is 2. The molecule has 1 N–H and O–H groups in total. The quantitative estimate of drug-likeness (QED) is 0.868. The Morgan fingerprint density at radius 1 is 1.25 bits per heavy atom. The van der Waals surface area contributed by atoms with Crippen LogP contribution in [0.1, 0.15) is 30.2 Å². The first-order valence-electron chi connectivity index (χ1n) is 6.63. The Balaban J connectivity index is 2.08. The van der Waals surface area contributed by atoms with Crippen LogP contribution in [0.5, 0.6) is 0 Å². The molecular weight excluding hydrogens is 290 g/mol. The largest absolute Gasteiger partial charge is 0.351 e. The van der Waals surface area contributed by atoms with Gasteiger partial charge in [-0.3, -0.25) is 4.79 Å². The van der Waals surface area contributed by atoms with Crippen molar-refractivity contribution in [3.05, 3.63) is 57.2 Å². The second-order valence-electron chi connectivity index (χ2n) is 5.07. The van der Waals surface area contributed by atoms with Crippen molar-refractivity contribution in [2.24, 2.45) is 5.92 Å². The van der Waals surface area contributed by atoms with E-state index in [9.17, 15) is 4.79 Å². The van der Waals surface area contributed by atoms with E-state index in [1.165, 1.54) is 0 Å². The molecule has 1 heterocycles. The summed E-state index contributed by atoms with van der Waals surface area (Å²) >= 11 is 7.56. The topological polar surface area (TPSA) is 29.1 Å². The van der Waals surface area contributed by atoms with Crippen molar-refractivity contribution in [2.45, 2.75) is 26.3 Å². The standard InChI is InChI=1S/C16H18ClNOS/c1-11(2)15(12-5-7-13(17)8-6-12)16(19)18-10-14-4-3-9-20-14/h3-9,11,15H,10H2,1-2H3,(H,18,19). The fourth-order valence-corrected chi connectivity index (χ4v) is 2.98. The van der Waals surface area contributed by atoms with E-state index in [-0.39, 0.29) is 17.7 Å². The molecule has 0 fully saturated rings. The maximum atomic E-state index is 12.4. The lowest BCUT2D eigenvalue weighted by molar-refractivity contribution is -0.123. The van der Waals surface area contributed by atoms with Gasteiger partial charge in [0.1, 0.15) is 0 Å². The SMILES string of the molecule is CC(C)C(C(=O)NCc1cccs1)c1ccc(Cl)cc1. The highest BCUT2D eigenvalue weighted by Gasteiger charge is 2.23. The second kappa shape index (κ2) is 6.91. The average Bonchev–Trinajstić information content (AvgIpc) is 2.92. The number of thiophene rings is 1. The van der Waals surface area contributed by atoms with Crippen LogP contribution in [-0.4, -0.2) is 5.91 Å². The summed E-state index contributed by atoms with van der Waals surface area (Å²) in [5, 5.41) is 5.72. The van der Waals surface area contributed by atoms with Crippen LogP contribution in [0.4, 0.5) is 0 Å². The minimum atomic E-state index is -0.146. The monoisotopic (exact) mass is 307 g/mol. The fourth-order valence-electron chi connectivity index (χ4n) is 2.21. The first kappa shape index (κ1) is 15.1. The van der Waals surface area contributed by atoms with Crippen LogP contribution in [0, 0.1) is 5.92 Å².